The second kappa shape index (κ2) is 8.10. The molecule has 0 spiro atoms. The number of rotatable bonds is 6. The van der Waals surface area contributed by atoms with Crippen LogP contribution in [0.1, 0.15) is 24.1 Å². The molecule has 0 heterocycles. The minimum absolute atomic E-state index is 0.173. The van der Waals surface area contributed by atoms with Gasteiger partial charge in [-0.1, -0.05) is 18.2 Å². The van der Waals surface area contributed by atoms with Crippen molar-refractivity contribution in [2.45, 2.75) is 19.5 Å². The van der Waals surface area contributed by atoms with Crippen molar-refractivity contribution in [3.8, 4) is 17.2 Å². The number of phenols is 1. The number of benzene rings is 2. The molecule has 3 N–H and O–H groups in total. The molecule has 0 aromatic heterocycles. The van der Waals surface area contributed by atoms with Crippen LogP contribution >= 0.6 is 0 Å². The number of carbonyl (C=O) groups excluding carboxylic acids is 1. The molecular formula is C18H22N2O4. The lowest BCUT2D eigenvalue weighted by Crippen LogP contribution is -2.36. The number of urea groups is 1. The minimum Gasteiger partial charge on any atom is -0.508 e. The summed E-state index contributed by atoms with van der Waals surface area (Å²) in [5.41, 5.74) is 1.73. The van der Waals surface area contributed by atoms with Crippen LogP contribution in [0.25, 0.3) is 0 Å². The molecule has 6 nitrogen and oxygen atoms in total. The maximum Gasteiger partial charge on any atom is 0.315 e. The Kier molecular flexibility index (Phi) is 5.89. The zero-order valence-electron chi connectivity index (χ0n) is 14.0. The van der Waals surface area contributed by atoms with Gasteiger partial charge in [0.25, 0.3) is 0 Å². The van der Waals surface area contributed by atoms with Crippen LogP contribution in [0.15, 0.2) is 42.5 Å². The molecule has 0 radical (unpaired) electrons. The van der Waals surface area contributed by atoms with Crippen molar-refractivity contribution in [3.63, 3.8) is 0 Å². The Morgan fingerprint density at radius 3 is 2.54 bits per heavy atom. The van der Waals surface area contributed by atoms with Crippen LogP contribution in [0.4, 0.5) is 4.79 Å². The summed E-state index contributed by atoms with van der Waals surface area (Å²) in [5.74, 6) is 1.43. The fraction of sp³-hybridized carbons (Fsp3) is 0.278. The van der Waals surface area contributed by atoms with Crippen molar-refractivity contribution in [2.24, 2.45) is 0 Å². The van der Waals surface area contributed by atoms with E-state index in [1.54, 1.807) is 38.5 Å². The monoisotopic (exact) mass is 330 g/mol. The average Bonchev–Trinajstić information content (AvgIpc) is 2.59. The summed E-state index contributed by atoms with van der Waals surface area (Å²) >= 11 is 0. The normalized spacial score (nSPS) is 11.5. The Labute approximate surface area is 141 Å². The van der Waals surface area contributed by atoms with Crippen LogP contribution in [0.2, 0.25) is 0 Å². The van der Waals surface area contributed by atoms with Gasteiger partial charge in [-0.3, -0.25) is 0 Å². The van der Waals surface area contributed by atoms with Gasteiger partial charge < -0.3 is 25.2 Å². The Morgan fingerprint density at radius 2 is 1.88 bits per heavy atom. The SMILES string of the molecule is COc1ccc(CNC(=O)NC(C)c2cccc(O)c2)cc1OC. The Balaban J connectivity index is 1.91. The standard InChI is InChI=1S/C18H22N2O4/c1-12(14-5-4-6-15(21)10-14)20-18(22)19-11-13-7-8-16(23-2)17(9-13)24-3/h4-10,12,21H,11H2,1-3H3,(H2,19,20,22). The van der Waals surface area contributed by atoms with E-state index < -0.39 is 0 Å². The molecule has 128 valence electrons. The molecule has 0 saturated heterocycles. The highest BCUT2D eigenvalue weighted by Gasteiger charge is 2.10. The van der Waals surface area contributed by atoms with Gasteiger partial charge in [-0.25, -0.2) is 4.79 Å². The van der Waals surface area contributed by atoms with Crippen LogP contribution in [-0.4, -0.2) is 25.4 Å². The summed E-state index contributed by atoms with van der Waals surface area (Å²) in [4.78, 5) is 12.0. The summed E-state index contributed by atoms with van der Waals surface area (Å²) in [6, 6.07) is 11.8. The van der Waals surface area contributed by atoms with Gasteiger partial charge in [0.1, 0.15) is 5.75 Å². The first kappa shape index (κ1) is 17.5. The average molecular weight is 330 g/mol. The van der Waals surface area contributed by atoms with E-state index in [0.29, 0.717) is 18.0 Å². The third-order valence-corrected chi connectivity index (χ3v) is 3.62. The van der Waals surface area contributed by atoms with Gasteiger partial charge >= 0.3 is 6.03 Å². The lowest BCUT2D eigenvalue weighted by molar-refractivity contribution is 0.237. The van der Waals surface area contributed by atoms with E-state index in [9.17, 15) is 9.90 Å². The molecule has 2 aromatic carbocycles. The first-order chi connectivity index (χ1) is 11.5. The summed E-state index contributed by atoms with van der Waals surface area (Å²) in [6.45, 7) is 2.21. The number of ether oxygens (including phenoxy) is 2. The Hall–Kier alpha value is -2.89. The van der Waals surface area contributed by atoms with E-state index in [1.807, 2.05) is 25.1 Å². The predicted octanol–water partition coefficient (Wildman–Crippen LogP) is 2.97. The van der Waals surface area contributed by atoms with E-state index in [-0.39, 0.29) is 17.8 Å². The number of aromatic hydroxyl groups is 1. The molecule has 0 fully saturated rings. The zero-order chi connectivity index (χ0) is 17.5. The third-order valence-electron chi connectivity index (χ3n) is 3.62. The molecule has 0 aliphatic carbocycles. The van der Waals surface area contributed by atoms with Crippen LogP contribution in [0, 0.1) is 0 Å². The Bertz CT molecular complexity index is 703. The van der Waals surface area contributed by atoms with Crippen molar-refractivity contribution in [2.75, 3.05) is 14.2 Å². The smallest absolute Gasteiger partial charge is 0.315 e. The highest BCUT2D eigenvalue weighted by molar-refractivity contribution is 5.74. The first-order valence-electron chi connectivity index (χ1n) is 7.57. The Morgan fingerprint density at radius 1 is 1.12 bits per heavy atom. The van der Waals surface area contributed by atoms with Gasteiger partial charge in [0.2, 0.25) is 0 Å². The van der Waals surface area contributed by atoms with Crippen molar-refractivity contribution in [1.82, 2.24) is 10.6 Å². The van der Waals surface area contributed by atoms with Gasteiger partial charge in [-0.15, -0.1) is 0 Å². The molecule has 0 aliphatic heterocycles. The van der Waals surface area contributed by atoms with Gasteiger partial charge in [0, 0.05) is 6.54 Å². The summed E-state index contributed by atoms with van der Waals surface area (Å²) in [5, 5.41) is 15.1. The topological polar surface area (TPSA) is 79.8 Å². The van der Waals surface area contributed by atoms with Crippen molar-refractivity contribution >= 4 is 6.03 Å². The number of amides is 2. The molecule has 1 unspecified atom stereocenters. The van der Waals surface area contributed by atoms with Crippen molar-refractivity contribution in [1.29, 1.82) is 0 Å². The molecule has 1 atom stereocenters. The van der Waals surface area contributed by atoms with Gasteiger partial charge in [-0.05, 0) is 42.3 Å². The quantitative estimate of drug-likeness (QED) is 0.761. The lowest BCUT2D eigenvalue weighted by Gasteiger charge is -2.16. The van der Waals surface area contributed by atoms with Crippen LogP contribution < -0.4 is 20.1 Å². The predicted molar refractivity (Wildman–Crippen MR) is 91.4 cm³/mol. The van der Waals surface area contributed by atoms with Crippen LogP contribution in [0.3, 0.4) is 0 Å². The maximum absolute atomic E-state index is 12.0. The van der Waals surface area contributed by atoms with E-state index in [2.05, 4.69) is 10.6 Å². The number of carbonyl (C=O) groups is 1. The fourth-order valence-electron chi connectivity index (χ4n) is 2.30. The summed E-state index contributed by atoms with van der Waals surface area (Å²) in [7, 11) is 3.14. The number of nitrogens with one attached hydrogen (secondary N) is 2. The maximum atomic E-state index is 12.0. The molecule has 2 amide bonds. The largest absolute Gasteiger partial charge is 0.508 e. The highest BCUT2D eigenvalue weighted by Crippen LogP contribution is 2.27. The second-order valence-electron chi connectivity index (χ2n) is 5.33. The number of methoxy groups -OCH3 is 2. The fourth-order valence-corrected chi connectivity index (χ4v) is 2.30. The van der Waals surface area contributed by atoms with Crippen molar-refractivity contribution < 1.29 is 19.4 Å². The second-order valence-corrected chi connectivity index (χ2v) is 5.33. The number of phenolic OH excluding ortho intramolecular Hbond substituents is 1. The van der Waals surface area contributed by atoms with Gasteiger partial charge in [-0.2, -0.15) is 0 Å². The van der Waals surface area contributed by atoms with Crippen LogP contribution in [-0.2, 0) is 6.54 Å². The number of hydrogen-bond donors (Lipinski definition) is 3. The molecule has 0 bridgehead atoms. The minimum atomic E-state index is -0.291. The highest BCUT2D eigenvalue weighted by atomic mass is 16.5. The van der Waals surface area contributed by atoms with Gasteiger partial charge in [0.15, 0.2) is 11.5 Å². The molecule has 2 aromatic rings. The van der Waals surface area contributed by atoms with E-state index >= 15 is 0 Å². The molecule has 24 heavy (non-hydrogen) atoms. The molecule has 0 saturated carbocycles. The molecule has 0 aliphatic rings. The zero-order valence-corrected chi connectivity index (χ0v) is 14.0. The number of hydrogen-bond acceptors (Lipinski definition) is 4. The molecule has 6 heteroatoms. The molecular weight excluding hydrogens is 308 g/mol. The van der Waals surface area contributed by atoms with E-state index in [0.717, 1.165) is 11.1 Å². The third kappa shape index (κ3) is 4.55. The summed E-state index contributed by atoms with van der Waals surface area (Å²) < 4.78 is 10.4. The van der Waals surface area contributed by atoms with E-state index in [4.69, 9.17) is 9.47 Å². The van der Waals surface area contributed by atoms with Gasteiger partial charge in [0.05, 0.1) is 20.3 Å². The lowest BCUT2D eigenvalue weighted by atomic mass is 10.1. The summed E-state index contributed by atoms with van der Waals surface area (Å²) in [6.07, 6.45) is 0. The molecule has 2 rings (SSSR count). The van der Waals surface area contributed by atoms with Crippen LogP contribution in [0.5, 0.6) is 17.2 Å². The van der Waals surface area contributed by atoms with E-state index in [1.165, 1.54) is 0 Å². The van der Waals surface area contributed by atoms with Crippen molar-refractivity contribution in [3.05, 3.63) is 53.6 Å². The first-order valence-corrected chi connectivity index (χ1v) is 7.57.